The van der Waals surface area contributed by atoms with E-state index in [1.54, 1.807) is 0 Å². The van der Waals surface area contributed by atoms with Crippen LogP contribution in [0.5, 0.6) is 0 Å². The molecule has 0 heterocycles. The van der Waals surface area contributed by atoms with Crippen molar-refractivity contribution in [2.75, 3.05) is 13.1 Å². The summed E-state index contributed by atoms with van der Waals surface area (Å²) < 4.78 is 0. The fraction of sp³-hybridized carbons (Fsp3) is 0.938. The average Bonchev–Trinajstić information content (AvgIpc) is 2.82. The smallest absolute Gasteiger partial charge is 0.303 e. The molecule has 2 atom stereocenters. The second kappa shape index (κ2) is 10.2. The largest absolute Gasteiger partial charge is 0.481 e. The number of hydrogen-bond acceptors (Lipinski definition) is 2. The van der Waals surface area contributed by atoms with Crippen LogP contribution in [0.2, 0.25) is 0 Å². The van der Waals surface area contributed by atoms with Crippen LogP contribution in [0, 0.1) is 11.8 Å². The van der Waals surface area contributed by atoms with Crippen LogP contribution in [0.25, 0.3) is 0 Å². The summed E-state index contributed by atoms with van der Waals surface area (Å²) in [5.41, 5.74) is 0. The second-order valence-corrected chi connectivity index (χ2v) is 6.00. The second-order valence-electron chi connectivity index (χ2n) is 6.00. The molecule has 112 valence electrons. The zero-order valence-corrected chi connectivity index (χ0v) is 12.5. The highest BCUT2D eigenvalue weighted by Gasteiger charge is 2.25. The molecule has 0 aromatic heterocycles. The zero-order chi connectivity index (χ0) is 13.9. The van der Waals surface area contributed by atoms with Gasteiger partial charge >= 0.3 is 5.97 Å². The Morgan fingerprint density at radius 3 is 2.68 bits per heavy atom. The summed E-state index contributed by atoms with van der Waals surface area (Å²) in [4.78, 5) is 10.4. The Morgan fingerprint density at radius 2 is 1.95 bits per heavy atom. The van der Waals surface area contributed by atoms with Crippen LogP contribution in [0.3, 0.4) is 0 Å². The fourth-order valence-electron chi connectivity index (χ4n) is 3.22. The van der Waals surface area contributed by atoms with Gasteiger partial charge in [0.25, 0.3) is 0 Å². The molecule has 1 aliphatic carbocycles. The Morgan fingerprint density at radius 1 is 1.16 bits per heavy atom. The molecule has 1 aliphatic rings. The van der Waals surface area contributed by atoms with Crippen LogP contribution in [0.4, 0.5) is 0 Å². The molecule has 0 radical (unpaired) electrons. The lowest BCUT2D eigenvalue weighted by Crippen LogP contribution is -2.26. The standard InChI is InChI=1S/C16H31NO2/c1-2-3-8-14-9-7-10-15(14)13-17-12-6-4-5-11-16(18)19/h14-15,17H,2-13H2,1H3,(H,18,19)/t14?,15-/m1/s1. The van der Waals surface area contributed by atoms with Crippen molar-refractivity contribution in [1.82, 2.24) is 5.32 Å². The van der Waals surface area contributed by atoms with Gasteiger partial charge in [0.1, 0.15) is 0 Å². The highest BCUT2D eigenvalue weighted by molar-refractivity contribution is 5.66. The fourth-order valence-corrected chi connectivity index (χ4v) is 3.22. The maximum absolute atomic E-state index is 10.4. The van der Waals surface area contributed by atoms with Crippen molar-refractivity contribution in [3.05, 3.63) is 0 Å². The Hall–Kier alpha value is -0.570. The molecule has 1 fully saturated rings. The summed E-state index contributed by atoms with van der Waals surface area (Å²) in [7, 11) is 0. The number of nitrogens with one attached hydrogen (secondary N) is 1. The number of carboxylic acid groups (broad SMARTS) is 1. The van der Waals surface area contributed by atoms with E-state index in [2.05, 4.69) is 12.2 Å². The van der Waals surface area contributed by atoms with Crippen LogP contribution in [0.1, 0.15) is 71.1 Å². The molecule has 0 bridgehead atoms. The molecule has 3 nitrogen and oxygen atoms in total. The zero-order valence-electron chi connectivity index (χ0n) is 12.5. The van der Waals surface area contributed by atoms with Gasteiger partial charge < -0.3 is 10.4 Å². The number of rotatable bonds is 11. The molecule has 0 spiro atoms. The molecule has 19 heavy (non-hydrogen) atoms. The minimum Gasteiger partial charge on any atom is -0.481 e. The maximum atomic E-state index is 10.4. The highest BCUT2D eigenvalue weighted by Crippen LogP contribution is 2.34. The number of unbranched alkanes of at least 4 members (excludes halogenated alkanes) is 3. The summed E-state index contributed by atoms with van der Waals surface area (Å²) in [5.74, 6) is 1.18. The Labute approximate surface area is 118 Å². The maximum Gasteiger partial charge on any atom is 0.303 e. The van der Waals surface area contributed by atoms with Gasteiger partial charge in [-0.2, -0.15) is 0 Å². The van der Waals surface area contributed by atoms with Gasteiger partial charge in [0.15, 0.2) is 0 Å². The first kappa shape index (κ1) is 16.5. The van der Waals surface area contributed by atoms with E-state index in [1.165, 1.54) is 45.1 Å². The quantitative estimate of drug-likeness (QED) is 0.560. The van der Waals surface area contributed by atoms with Gasteiger partial charge in [-0.15, -0.1) is 0 Å². The summed E-state index contributed by atoms with van der Waals surface area (Å²) in [6.07, 6.45) is 11.7. The van der Waals surface area contributed by atoms with Crippen molar-refractivity contribution in [1.29, 1.82) is 0 Å². The molecular weight excluding hydrogens is 238 g/mol. The van der Waals surface area contributed by atoms with E-state index in [0.29, 0.717) is 6.42 Å². The first-order chi connectivity index (χ1) is 9.24. The molecule has 1 rings (SSSR count). The first-order valence-electron chi connectivity index (χ1n) is 8.16. The van der Waals surface area contributed by atoms with Crippen molar-refractivity contribution in [3.8, 4) is 0 Å². The van der Waals surface area contributed by atoms with E-state index < -0.39 is 5.97 Å². The molecule has 3 heteroatoms. The lowest BCUT2D eigenvalue weighted by atomic mass is 9.91. The predicted molar refractivity (Wildman–Crippen MR) is 79.3 cm³/mol. The van der Waals surface area contributed by atoms with Gasteiger partial charge in [0, 0.05) is 6.42 Å². The lowest BCUT2D eigenvalue weighted by Gasteiger charge is -2.19. The summed E-state index contributed by atoms with van der Waals surface area (Å²) in [5, 5.41) is 12.1. The van der Waals surface area contributed by atoms with E-state index in [1.807, 2.05) is 0 Å². The molecular formula is C16H31NO2. The SMILES string of the molecule is CCCCC1CCC[C@@H]1CNCCCCCC(=O)O. The molecule has 0 aromatic carbocycles. The minimum absolute atomic E-state index is 0.321. The van der Waals surface area contributed by atoms with Gasteiger partial charge in [-0.05, 0) is 44.2 Å². The topological polar surface area (TPSA) is 49.3 Å². The van der Waals surface area contributed by atoms with Crippen molar-refractivity contribution in [3.63, 3.8) is 0 Å². The van der Waals surface area contributed by atoms with Crippen molar-refractivity contribution in [2.45, 2.75) is 71.1 Å². The number of carboxylic acids is 1. The molecule has 0 saturated heterocycles. The van der Waals surface area contributed by atoms with Crippen molar-refractivity contribution in [2.24, 2.45) is 11.8 Å². The average molecular weight is 269 g/mol. The van der Waals surface area contributed by atoms with E-state index in [4.69, 9.17) is 5.11 Å². The summed E-state index contributed by atoms with van der Waals surface area (Å²) in [6, 6.07) is 0. The molecule has 1 saturated carbocycles. The van der Waals surface area contributed by atoms with Gasteiger partial charge in [0.2, 0.25) is 0 Å². The Bertz CT molecular complexity index is 243. The summed E-state index contributed by atoms with van der Waals surface area (Å²) in [6.45, 7) is 4.50. The lowest BCUT2D eigenvalue weighted by molar-refractivity contribution is -0.137. The number of carbonyl (C=O) groups is 1. The molecule has 0 aliphatic heterocycles. The molecule has 0 amide bonds. The molecule has 2 N–H and O–H groups in total. The third-order valence-electron chi connectivity index (χ3n) is 4.40. The summed E-state index contributed by atoms with van der Waals surface area (Å²) >= 11 is 0. The highest BCUT2D eigenvalue weighted by atomic mass is 16.4. The van der Waals surface area contributed by atoms with Crippen LogP contribution in [-0.4, -0.2) is 24.2 Å². The molecule has 1 unspecified atom stereocenters. The number of aliphatic carboxylic acids is 1. The van der Waals surface area contributed by atoms with Crippen LogP contribution in [0.15, 0.2) is 0 Å². The predicted octanol–water partition coefficient (Wildman–Crippen LogP) is 3.83. The van der Waals surface area contributed by atoms with E-state index in [-0.39, 0.29) is 0 Å². The normalized spacial score (nSPS) is 22.8. The van der Waals surface area contributed by atoms with E-state index >= 15 is 0 Å². The van der Waals surface area contributed by atoms with Gasteiger partial charge in [0.05, 0.1) is 0 Å². The third kappa shape index (κ3) is 7.56. The van der Waals surface area contributed by atoms with E-state index in [0.717, 1.165) is 37.6 Å². The number of hydrogen-bond donors (Lipinski definition) is 2. The van der Waals surface area contributed by atoms with Gasteiger partial charge in [-0.25, -0.2) is 0 Å². The Kier molecular flexibility index (Phi) is 8.89. The first-order valence-corrected chi connectivity index (χ1v) is 8.16. The van der Waals surface area contributed by atoms with Crippen molar-refractivity contribution < 1.29 is 9.90 Å². The van der Waals surface area contributed by atoms with Crippen molar-refractivity contribution >= 4 is 5.97 Å². The monoisotopic (exact) mass is 269 g/mol. The third-order valence-corrected chi connectivity index (χ3v) is 4.40. The van der Waals surface area contributed by atoms with Crippen LogP contribution in [-0.2, 0) is 4.79 Å². The molecule has 0 aromatic rings. The van der Waals surface area contributed by atoms with Crippen LogP contribution >= 0.6 is 0 Å². The van der Waals surface area contributed by atoms with Crippen LogP contribution < -0.4 is 5.32 Å². The Balaban J connectivity index is 1.97. The minimum atomic E-state index is -0.669. The van der Waals surface area contributed by atoms with E-state index in [9.17, 15) is 4.79 Å². The van der Waals surface area contributed by atoms with Gasteiger partial charge in [-0.3, -0.25) is 4.79 Å². The van der Waals surface area contributed by atoms with Gasteiger partial charge in [-0.1, -0.05) is 45.4 Å².